The van der Waals surface area contributed by atoms with Gasteiger partial charge in [0.15, 0.2) is 0 Å². The van der Waals surface area contributed by atoms with Crippen molar-refractivity contribution in [2.45, 2.75) is 39.1 Å². The Bertz CT molecular complexity index is 753. The van der Waals surface area contributed by atoms with E-state index in [2.05, 4.69) is 9.71 Å². The third-order valence-electron chi connectivity index (χ3n) is 3.43. The standard InChI is InChI=1S/C14H19N3O3S/c1-8-5-12(15)11(4)14(10(8)3)21(18,19)17-7-13-16-6-9(2)20-13/h5-6,17H,7,15H2,1-4H3. The van der Waals surface area contributed by atoms with Gasteiger partial charge in [0, 0.05) is 5.69 Å². The molecule has 1 aromatic heterocycles. The summed E-state index contributed by atoms with van der Waals surface area (Å²) in [7, 11) is -3.69. The molecule has 6 nitrogen and oxygen atoms in total. The zero-order chi connectivity index (χ0) is 15.8. The van der Waals surface area contributed by atoms with Gasteiger partial charge in [0.05, 0.1) is 17.6 Å². The minimum Gasteiger partial charge on any atom is -0.445 e. The average Bonchev–Trinajstić information content (AvgIpc) is 2.80. The lowest BCUT2D eigenvalue weighted by Crippen LogP contribution is -2.25. The van der Waals surface area contributed by atoms with Crippen molar-refractivity contribution >= 4 is 15.7 Å². The minimum atomic E-state index is -3.69. The smallest absolute Gasteiger partial charge is 0.241 e. The molecule has 0 unspecified atom stereocenters. The molecule has 0 atom stereocenters. The van der Waals surface area contributed by atoms with Gasteiger partial charge in [-0.25, -0.2) is 18.1 Å². The molecular weight excluding hydrogens is 290 g/mol. The van der Waals surface area contributed by atoms with Crippen molar-refractivity contribution in [2.24, 2.45) is 0 Å². The van der Waals surface area contributed by atoms with Crippen molar-refractivity contribution in [3.8, 4) is 0 Å². The molecule has 0 radical (unpaired) electrons. The lowest BCUT2D eigenvalue weighted by molar-refractivity contribution is 0.463. The Labute approximate surface area is 124 Å². The van der Waals surface area contributed by atoms with Gasteiger partial charge >= 0.3 is 0 Å². The highest BCUT2D eigenvalue weighted by Crippen LogP contribution is 2.27. The van der Waals surface area contributed by atoms with Crippen LogP contribution in [0.15, 0.2) is 21.6 Å². The maximum Gasteiger partial charge on any atom is 0.241 e. The summed E-state index contributed by atoms with van der Waals surface area (Å²) in [4.78, 5) is 4.20. The van der Waals surface area contributed by atoms with Gasteiger partial charge in [-0.15, -0.1) is 0 Å². The van der Waals surface area contributed by atoms with Crippen LogP contribution in [0.2, 0.25) is 0 Å². The summed E-state index contributed by atoms with van der Waals surface area (Å²) >= 11 is 0. The summed E-state index contributed by atoms with van der Waals surface area (Å²) in [5.41, 5.74) is 8.42. The number of oxazole rings is 1. The summed E-state index contributed by atoms with van der Waals surface area (Å²) in [6, 6.07) is 1.78. The average molecular weight is 309 g/mol. The van der Waals surface area contributed by atoms with E-state index in [0.29, 0.717) is 28.5 Å². The Hall–Kier alpha value is -1.86. The maximum atomic E-state index is 12.5. The number of aryl methyl sites for hydroxylation is 2. The van der Waals surface area contributed by atoms with E-state index in [4.69, 9.17) is 10.2 Å². The zero-order valence-corrected chi connectivity index (χ0v) is 13.3. The van der Waals surface area contributed by atoms with Crippen molar-refractivity contribution in [2.75, 3.05) is 5.73 Å². The molecule has 7 heteroatoms. The first-order valence-electron chi connectivity index (χ1n) is 6.49. The van der Waals surface area contributed by atoms with Gasteiger partial charge in [-0.05, 0) is 50.5 Å². The molecule has 0 aliphatic heterocycles. The van der Waals surface area contributed by atoms with E-state index in [-0.39, 0.29) is 11.4 Å². The molecule has 3 N–H and O–H groups in total. The summed E-state index contributed by atoms with van der Waals surface area (Å²) in [6.07, 6.45) is 1.55. The predicted octanol–water partition coefficient (Wildman–Crippen LogP) is 1.97. The van der Waals surface area contributed by atoms with E-state index in [1.807, 2.05) is 6.92 Å². The first-order valence-corrected chi connectivity index (χ1v) is 7.98. The Morgan fingerprint density at radius 1 is 1.24 bits per heavy atom. The van der Waals surface area contributed by atoms with Gasteiger partial charge in [0.25, 0.3) is 0 Å². The van der Waals surface area contributed by atoms with E-state index in [1.165, 1.54) is 0 Å². The zero-order valence-electron chi connectivity index (χ0n) is 12.5. The monoisotopic (exact) mass is 309 g/mol. The first kappa shape index (κ1) is 15.5. The summed E-state index contributed by atoms with van der Waals surface area (Å²) in [5, 5.41) is 0. The van der Waals surface area contributed by atoms with Crippen molar-refractivity contribution in [3.63, 3.8) is 0 Å². The van der Waals surface area contributed by atoms with Gasteiger partial charge in [-0.2, -0.15) is 0 Å². The lowest BCUT2D eigenvalue weighted by atomic mass is 10.1. The molecule has 0 amide bonds. The van der Waals surface area contributed by atoms with E-state index < -0.39 is 10.0 Å². The van der Waals surface area contributed by atoms with Crippen LogP contribution in [0.4, 0.5) is 5.69 Å². The Kier molecular flexibility index (Phi) is 4.06. The second-order valence-corrected chi connectivity index (χ2v) is 6.75. The van der Waals surface area contributed by atoms with Crippen molar-refractivity contribution in [3.05, 3.63) is 40.6 Å². The van der Waals surface area contributed by atoms with Gasteiger partial charge in [0.1, 0.15) is 5.76 Å². The molecule has 0 aliphatic carbocycles. The quantitative estimate of drug-likeness (QED) is 0.841. The van der Waals surface area contributed by atoms with Crippen molar-refractivity contribution < 1.29 is 12.8 Å². The number of nitrogens with two attached hydrogens (primary N) is 1. The fraction of sp³-hybridized carbons (Fsp3) is 0.357. The molecule has 114 valence electrons. The van der Waals surface area contributed by atoms with Gasteiger partial charge in [-0.3, -0.25) is 0 Å². The van der Waals surface area contributed by atoms with Crippen molar-refractivity contribution in [1.82, 2.24) is 9.71 Å². The van der Waals surface area contributed by atoms with Crippen LogP contribution in [0.5, 0.6) is 0 Å². The Morgan fingerprint density at radius 2 is 1.90 bits per heavy atom. The lowest BCUT2D eigenvalue weighted by Gasteiger charge is -2.15. The van der Waals surface area contributed by atoms with Crippen LogP contribution in [0.1, 0.15) is 28.3 Å². The second kappa shape index (κ2) is 5.50. The number of benzene rings is 1. The molecule has 0 bridgehead atoms. The number of nitrogen functional groups attached to an aromatic ring is 1. The third kappa shape index (κ3) is 3.08. The number of rotatable bonds is 4. The Morgan fingerprint density at radius 3 is 2.48 bits per heavy atom. The van der Waals surface area contributed by atoms with E-state index in [0.717, 1.165) is 5.56 Å². The van der Waals surface area contributed by atoms with E-state index in [9.17, 15) is 8.42 Å². The molecule has 21 heavy (non-hydrogen) atoms. The normalized spacial score (nSPS) is 11.8. The summed E-state index contributed by atoms with van der Waals surface area (Å²) in [5.74, 6) is 0.961. The number of nitrogens with zero attached hydrogens (tertiary/aromatic N) is 1. The summed E-state index contributed by atoms with van der Waals surface area (Å²) < 4.78 is 32.8. The summed E-state index contributed by atoms with van der Waals surface area (Å²) in [6.45, 7) is 7.06. The maximum absolute atomic E-state index is 12.5. The molecule has 2 rings (SSSR count). The van der Waals surface area contributed by atoms with Crippen LogP contribution in [-0.4, -0.2) is 13.4 Å². The molecule has 0 spiro atoms. The van der Waals surface area contributed by atoms with Crippen LogP contribution in [-0.2, 0) is 16.6 Å². The number of hydrogen-bond acceptors (Lipinski definition) is 5. The van der Waals surface area contributed by atoms with Crippen LogP contribution < -0.4 is 10.5 Å². The fourth-order valence-corrected chi connectivity index (χ4v) is 3.70. The highest BCUT2D eigenvalue weighted by Gasteiger charge is 2.22. The van der Waals surface area contributed by atoms with E-state index >= 15 is 0 Å². The van der Waals surface area contributed by atoms with Gasteiger partial charge in [0.2, 0.25) is 15.9 Å². The molecule has 0 fully saturated rings. The van der Waals surface area contributed by atoms with Gasteiger partial charge < -0.3 is 10.2 Å². The second-order valence-electron chi connectivity index (χ2n) is 5.05. The molecule has 0 saturated carbocycles. The van der Waals surface area contributed by atoms with Crippen molar-refractivity contribution in [1.29, 1.82) is 0 Å². The molecule has 1 aromatic carbocycles. The third-order valence-corrected chi connectivity index (χ3v) is 5.10. The van der Waals surface area contributed by atoms with Crippen LogP contribution in [0.3, 0.4) is 0 Å². The van der Waals surface area contributed by atoms with Gasteiger partial charge in [-0.1, -0.05) is 0 Å². The molecule has 2 aromatic rings. The van der Waals surface area contributed by atoms with Crippen LogP contribution in [0.25, 0.3) is 0 Å². The highest BCUT2D eigenvalue weighted by atomic mass is 32.2. The van der Waals surface area contributed by atoms with E-state index in [1.54, 1.807) is 33.0 Å². The topological polar surface area (TPSA) is 98.2 Å². The minimum absolute atomic E-state index is 0.00288. The number of nitrogens with one attached hydrogen (secondary N) is 1. The van der Waals surface area contributed by atoms with Crippen LogP contribution in [0, 0.1) is 27.7 Å². The molecular formula is C14H19N3O3S. The first-order chi connectivity index (χ1) is 9.72. The number of anilines is 1. The number of hydrogen-bond donors (Lipinski definition) is 2. The Balaban J connectivity index is 2.36. The van der Waals surface area contributed by atoms with Crippen LogP contribution >= 0.6 is 0 Å². The number of aromatic nitrogens is 1. The number of sulfonamides is 1. The SMILES string of the molecule is Cc1cnc(CNS(=O)(=O)c2c(C)c(C)cc(N)c2C)o1. The molecule has 0 aliphatic rings. The fourth-order valence-electron chi connectivity index (χ4n) is 2.16. The molecule has 0 saturated heterocycles. The largest absolute Gasteiger partial charge is 0.445 e. The molecule has 1 heterocycles. The highest BCUT2D eigenvalue weighted by molar-refractivity contribution is 7.89. The predicted molar refractivity (Wildman–Crippen MR) is 80.3 cm³/mol.